The molecule has 0 bridgehead atoms. The first-order valence-electron chi connectivity index (χ1n) is 8.85. The van der Waals surface area contributed by atoms with Gasteiger partial charge in [-0.25, -0.2) is 4.79 Å². The topological polar surface area (TPSA) is 47.6 Å². The lowest BCUT2D eigenvalue weighted by Gasteiger charge is -2.19. The fraction of sp³-hybridized carbons (Fsp3) is 0.409. The Kier molecular flexibility index (Phi) is 5.96. The monoisotopic (exact) mass is 355 g/mol. The molecule has 4 nitrogen and oxygen atoms in total. The molecule has 2 aromatic rings. The van der Waals surface area contributed by atoms with Crippen LogP contribution in [0.5, 0.6) is 5.75 Å². The molecule has 0 unspecified atom stereocenters. The summed E-state index contributed by atoms with van der Waals surface area (Å²) in [4.78, 5) is 11.7. The molecule has 0 amide bonds. The number of carbonyl (C=O) groups excluding carboxylic acids is 1. The van der Waals surface area contributed by atoms with Crippen LogP contribution in [0.25, 0.3) is 0 Å². The van der Waals surface area contributed by atoms with Crippen molar-refractivity contribution in [1.82, 2.24) is 0 Å². The van der Waals surface area contributed by atoms with E-state index in [1.54, 1.807) is 0 Å². The normalized spacial score (nSPS) is 11.8. The van der Waals surface area contributed by atoms with Gasteiger partial charge in [0.15, 0.2) is 6.61 Å². The van der Waals surface area contributed by atoms with Crippen LogP contribution >= 0.6 is 0 Å². The van der Waals surface area contributed by atoms with Gasteiger partial charge < -0.3 is 14.8 Å². The number of anilines is 2. The van der Waals surface area contributed by atoms with Gasteiger partial charge in [-0.3, -0.25) is 0 Å². The predicted molar refractivity (Wildman–Crippen MR) is 106 cm³/mol. The van der Waals surface area contributed by atoms with Crippen molar-refractivity contribution in [1.29, 1.82) is 0 Å². The first kappa shape index (κ1) is 19.8. The summed E-state index contributed by atoms with van der Waals surface area (Å²) in [6.45, 7) is 12.0. The Morgan fingerprint density at radius 3 is 1.81 bits per heavy atom. The van der Waals surface area contributed by atoms with Crippen LogP contribution in [0.3, 0.4) is 0 Å². The minimum atomic E-state index is -0.503. The van der Waals surface area contributed by atoms with Crippen molar-refractivity contribution < 1.29 is 14.3 Å². The zero-order valence-corrected chi connectivity index (χ0v) is 16.6. The maximum Gasteiger partial charge on any atom is 0.344 e. The van der Waals surface area contributed by atoms with Crippen LogP contribution in [-0.4, -0.2) is 18.2 Å². The van der Waals surface area contributed by atoms with Gasteiger partial charge >= 0.3 is 5.97 Å². The van der Waals surface area contributed by atoms with E-state index in [4.69, 9.17) is 9.47 Å². The largest absolute Gasteiger partial charge is 0.482 e. The predicted octanol–water partition coefficient (Wildman–Crippen LogP) is 5.45. The molecular weight excluding hydrogens is 326 g/mol. The fourth-order valence-electron chi connectivity index (χ4n) is 2.37. The SMILES string of the molecule is CC(C)(C)OC(=O)COc1ccc(Nc2ccc(C(C)(C)C)cc2)cc1. The first-order valence-corrected chi connectivity index (χ1v) is 8.85. The van der Waals surface area contributed by atoms with Crippen molar-refractivity contribution in [2.45, 2.75) is 52.6 Å². The molecule has 0 saturated carbocycles. The van der Waals surface area contributed by atoms with E-state index in [1.165, 1.54) is 5.56 Å². The van der Waals surface area contributed by atoms with E-state index in [-0.39, 0.29) is 18.0 Å². The van der Waals surface area contributed by atoms with E-state index < -0.39 is 5.60 Å². The van der Waals surface area contributed by atoms with Gasteiger partial charge in [0.2, 0.25) is 0 Å². The molecule has 0 fully saturated rings. The molecule has 2 rings (SSSR count). The van der Waals surface area contributed by atoms with Crippen LogP contribution in [-0.2, 0) is 14.9 Å². The molecule has 0 radical (unpaired) electrons. The Labute approximate surface area is 156 Å². The zero-order valence-electron chi connectivity index (χ0n) is 16.6. The summed E-state index contributed by atoms with van der Waals surface area (Å²) in [7, 11) is 0. The van der Waals surface area contributed by atoms with E-state index in [1.807, 2.05) is 45.0 Å². The van der Waals surface area contributed by atoms with Gasteiger partial charge in [0.05, 0.1) is 0 Å². The molecule has 0 atom stereocenters. The molecule has 0 aliphatic rings. The third kappa shape index (κ3) is 6.43. The van der Waals surface area contributed by atoms with E-state index in [9.17, 15) is 4.79 Å². The Morgan fingerprint density at radius 1 is 0.846 bits per heavy atom. The highest BCUT2D eigenvalue weighted by Crippen LogP contribution is 2.25. The summed E-state index contributed by atoms with van der Waals surface area (Å²) in [6.07, 6.45) is 0. The maximum absolute atomic E-state index is 11.7. The van der Waals surface area contributed by atoms with E-state index >= 15 is 0 Å². The second kappa shape index (κ2) is 7.81. The Morgan fingerprint density at radius 2 is 1.35 bits per heavy atom. The Hall–Kier alpha value is -2.49. The van der Waals surface area contributed by atoms with Crippen LogP contribution in [0.1, 0.15) is 47.1 Å². The van der Waals surface area contributed by atoms with Crippen molar-refractivity contribution in [3.63, 3.8) is 0 Å². The third-order valence-corrected chi connectivity index (χ3v) is 3.67. The van der Waals surface area contributed by atoms with E-state index in [0.717, 1.165) is 11.4 Å². The maximum atomic E-state index is 11.7. The molecule has 0 saturated heterocycles. The molecule has 2 aromatic carbocycles. The summed E-state index contributed by atoms with van der Waals surface area (Å²) in [5.41, 5.74) is 2.93. The summed E-state index contributed by atoms with van der Waals surface area (Å²) in [6, 6.07) is 15.9. The number of hydrogen-bond acceptors (Lipinski definition) is 4. The molecule has 140 valence electrons. The van der Waals surface area contributed by atoms with Gasteiger partial charge in [0.25, 0.3) is 0 Å². The van der Waals surface area contributed by atoms with E-state index in [0.29, 0.717) is 5.75 Å². The Balaban J connectivity index is 1.90. The average Bonchev–Trinajstić information content (AvgIpc) is 2.52. The smallest absolute Gasteiger partial charge is 0.344 e. The number of carbonyl (C=O) groups is 1. The quantitative estimate of drug-likeness (QED) is 0.725. The summed E-state index contributed by atoms with van der Waals surface area (Å²) < 4.78 is 10.7. The molecule has 4 heteroatoms. The van der Waals surface area contributed by atoms with Crippen molar-refractivity contribution >= 4 is 17.3 Å². The lowest BCUT2D eigenvalue weighted by atomic mass is 9.87. The molecule has 1 N–H and O–H groups in total. The Bertz CT molecular complexity index is 720. The van der Waals surface area contributed by atoms with Crippen LogP contribution < -0.4 is 10.1 Å². The van der Waals surface area contributed by atoms with Gasteiger partial charge in [-0.05, 0) is 68.1 Å². The number of benzene rings is 2. The molecule has 0 aliphatic heterocycles. The highest BCUT2D eigenvalue weighted by Gasteiger charge is 2.16. The molecule has 0 aromatic heterocycles. The molecule has 0 aliphatic carbocycles. The van der Waals surface area contributed by atoms with Gasteiger partial charge in [-0.15, -0.1) is 0 Å². The second-order valence-corrected chi connectivity index (χ2v) is 8.35. The molecule has 0 heterocycles. The highest BCUT2D eigenvalue weighted by molar-refractivity contribution is 5.71. The number of nitrogens with one attached hydrogen (secondary N) is 1. The highest BCUT2D eigenvalue weighted by atomic mass is 16.6. The summed E-state index contributed by atoms with van der Waals surface area (Å²) in [5.74, 6) is 0.253. The average molecular weight is 355 g/mol. The van der Waals surface area contributed by atoms with Crippen LogP contribution in [0.2, 0.25) is 0 Å². The van der Waals surface area contributed by atoms with Crippen molar-refractivity contribution in [3.8, 4) is 5.75 Å². The van der Waals surface area contributed by atoms with Gasteiger partial charge in [0, 0.05) is 11.4 Å². The summed E-state index contributed by atoms with van der Waals surface area (Å²) in [5, 5.41) is 3.36. The van der Waals surface area contributed by atoms with Crippen LogP contribution in [0.15, 0.2) is 48.5 Å². The minimum absolute atomic E-state index is 0.0989. The number of esters is 1. The second-order valence-electron chi connectivity index (χ2n) is 8.35. The summed E-state index contributed by atoms with van der Waals surface area (Å²) >= 11 is 0. The zero-order chi connectivity index (χ0) is 19.4. The fourth-order valence-corrected chi connectivity index (χ4v) is 2.37. The third-order valence-electron chi connectivity index (χ3n) is 3.67. The lowest BCUT2D eigenvalue weighted by molar-refractivity contribution is -0.157. The first-order chi connectivity index (χ1) is 12.0. The van der Waals surface area contributed by atoms with Crippen molar-refractivity contribution in [2.75, 3.05) is 11.9 Å². The van der Waals surface area contributed by atoms with E-state index in [2.05, 4.69) is 50.4 Å². The standard InChI is InChI=1S/C22H29NO3/c1-21(2,3)16-7-9-17(10-8-16)23-18-11-13-19(14-12-18)25-15-20(24)26-22(4,5)6/h7-14,23H,15H2,1-6H3. The van der Waals surface area contributed by atoms with Gasteiger partial charge in [-0.1, -0.05) is 32.9 Å². The molecule has 26 heavy (non-hydrogen) atoms. The molecular formula is C22H29NO3. The number of ether oxygens (including phenoxy) is 2. The van der Waals surface area contributed by atoms with Gasteiger partial charge in [0.1, 0.15) is 11.4 Å². The van der Waals surface area contributed by atoms with Crippen LogP contribution in [0.4, 0.5) is 11.4 Å². The minimum Gasteiger partial charge on any atom is -0.482 e. The van der Waals surface area contributed by atoms with Crippen molar-refractivity contribution in [3.05, 3.63) is 54.1 Å². The van der Waals surface area contributed by atoms with Crippen LogP contribution in [0, 0.1) is 0 Å². The van der Waals surface area contributed by atoms with Gasteiger partial charge in [-0.2, -0.15) is 0 Å². The number of rotatable bonds is 5. The lowest BCUT2D eigenvalue weighted by Crippen LogP contribution is -2.27. The molecule has 0 spiro atoms. The number of hydrogen-bond donors (Lipinski definition) is 1. The van der Waals surface area contributed by atoms with Crippen molar-refractivity contribution in [2.24, 2.45) is 0 Å².